The number of nitrogens with one attached hydrogen (secondary N) is 1. The summed E-state index contributed by atoms with van der Waals surface area (Å²) in [6.07, 6.45) is 2.43. The molecule has 1 aliphatic carbocycles. The molecule has 2 aromatic rings. The minimum absolute atomic E-state index is 0.119. The predicted octanol–water partition coefficient (Wildman–Crippen LogP) is 3.86. The van der Waals surface area contributed by atoms with E-state index in [1.165, 1.54) is 25.3 Å². The number of carbonyl (C=O) groups excluding carboxylic acids is 2. The zero-order valence-electron chi connectivity index (χ0n) is 16.8. The number of ketones is 1. The Morgan fingerprint density at radius 1 is 1.14 bits per heavy atom. The highest BCUT2D eigenvalue weighted by Gasteiger charge is 2.33. The fourth-order valence-electron chi connectivity index (χ4n) is 3.75. The maximum absolute atomic E-state index is 12.9. The van der Waals surface area contributed by atoms with E-state index in [0.717, 1.165) is 0 Å². The third kappa shape index (κ3) is 4.59. The average Bonchev–Trinajstić information content (AvgIpc) is 3.45. The van der Waals surface area contributed by atoms with Crippen molar-refractivity contribution in [1.29, 1.82) is 0 Å². The van der Waals surface area contributed by atoms with Gasteiger partial charge in [0, 0.05) is 24.2 Å². The van der Waals surface area contributed by atoms with Gasteiger partial charge in [-0.3, -0.25) is 14.5 Å². The summed E-state index contributed by atoms with van der Waals surface area (Å²) in [5.41, 5.74) is 2.07. The summed E-state index contributed by atoms with van der Waals surface area (Å²) >= 11 is 0. The zero-order valence-corrected chi connectivity index (χ0v) is 16.8. The summed E-state index contributed by atoms with van der Waals surface area (Å²) in [5, 5.41) is 2.92. The number of amides is 1. The van der Waals surface area contributed by atoms with Crippen LogP contribution in [0.15, 0.2) is 42.5 Å². The van der Waals surface area contributed by atoms with Crippen LogP contribution in [0.3, 0.4) is 0 Å². The number of Topliss-reactive ketones (excluding diaryl/α,β-unsaturated/α-hetero) is 1. The van der Waals surface area contributed by atoms with Gasteiger partial charge in [0.25, 0.3) is 0 Å². The standard InChI is InChI=1S/C23H26N2O4/c1-15(18-8-9-18)25(12-17-6-4-3-5-7-17)13-23(27)24-20-11-22-21(28-14-29-22)10-19(20)16(2)26/h3-7,10-11,15,18H,8-9,12-14H2,1-2H3,(H,24,27). The minimum Gasteiger partial charge on any atom is -0.454 e. The van der Waals surface area contributed by atoms with Crippen LogP contribution in [0.1, 0.15) is 42.6 Å². The van der Waals surface area contributed by atoms with Crippen LogP contribution in [0.4, 0.5) is 5.69 Å². The Labute approximate surface area is 170 Å². The third-order valence-electron chi connectivity index (χ3n) is 5.62. The maximum Gasteiger partial charge on any atom is 0.238 e. The van der Waals surface area contributed by atoms with E-state index in [9.17, 15) is 9.59 Å². The molecule has 1 amide bonds. The van der Waals surface area contributed by atoms with Gasteiger partial charge in [0.2, 0.25) is 12.7 Å². The fraction of sp³-hybridized carbons (Fsp3) is 0.391. The summed E-state index contributed by atoms with van der Waals surface area (Å²) in [4.78, 5) is 27.2. The van der Waals surface area contributed by atoms with Gasteiger partial charge < -0.3 is 14.8 Å². The Bertz CT molecular complexity index is 909. The molecule has 0 aromatic heterocycles. The molecule has 1 atom stereocenters. The first-order chi connectivity index (χ1) is 14.0. The first kappa shape index (κ1) is 19.5. The lowest BCUT2D eigenvalue weighted by Gasteiger charge is -2.29. The van der Waals surface area contributed by atoms with Crippen LogP contribution in [-0.4, -0.2) is 36.0 Å². The molecule has 152 valence electrons. The number of benzene rings is 2. The van der Waals surface area contributed by atoms with Crippen molar-refractivity contribution in [3.05, 3.63) is 53.6 Å². The van der Waals surface area contributed by atoms with Gasteiger partial charge in [-0.2, -0.15) is 0 Å². The molecule has 0 spiro atoms. The van der Waals surface area contributed by atoms with Gasteiger partial charge in [0.15, 0.2) is 17.3 Å². The highest BCUT2D eigenvalue weighted by atomic mass is 16.7. The number of hydrogen-bond donors (Lipinski definition) is 1. The largest absolute Gasteiger partial charge is 0.454 e. The molecule has 1 fully saturated rings. The van der Waals surface area contributed by atoms with Crippen molar-refractivity contribution in [2.45, 2.75) is 39.3 Å². The van der Waals surface area contributed by atoms with E-state index < -0.39 is 0 Å². The lowest BCUT2D eigenvalue weighted by molar-refractivity contribution is -0.118. The minimum atomic E-state index is -0.144. The van der Waals surface area contributed by atoms with Gasteiger partial charge in [-0.15, -0.1) is 0 Å². The Kier molecular flexibility index (Phi) is 5.53. The fourth-order valence-corrected chi connectivity index (χ4v) is 3.75. The second-order valence-electron chi connectivity index (χ2n) is 7.82. The molecule has 2 aliphatic rings. The number of nitrogens with zero attached hydrogens (tertiary/aromatic N) is 1. The van der Waals surface area contributed by atoms with Crippen LogP contribution < -0.4 is 14.8 Å². The van der Waals surface area contributed by atoms with Gasteiger partial charge in [-0.1, -0.05) is 30.3 Å². The summed E-state index contributed by atoms with van der Waals surface area (Å²) in [6.45, 7) is 4.76. The monoisotopic (exact) mass is 394 g/mol. The molecular weight excluding hydrogens is 368 g/mol. The Morgan fingerprint density at radius 2 is 1.83 bits per heavy atom. The second kappa shape index (κ2) is 8.25. The Balaban J connectivity index is 1.50. The van der Waals surface area contributed by atoms with E-state index >= 15 is 0 Å². The SMILES string of the molecule is CC(=O)c1cc2c(cc1NC(=O)CN(Cc1ccccc1)C(C)C1CC1)OCO2. The van der Waals surface area contributed by atoms with E-state index in [2.05, 4.69) is 29.3 Å². The van der Waals surface area contributed by atoms with Crippen LogP contribution in [0, 0.1) is 5.92 Å². The molecule has 0 saturated heterocycles. The molecular formula is C23H26N2O4. The van der Waals surface area contributed by atoms with Crippen molar-refractivity contribution in [3.8, 4) is 11.5 Å². The first-order valence-corrected chi connectivity index (χ1v) is 10.0. The number of hydrogen-bond acceptors (Lipinski definition) is 5. The van der Waals surface area contributed by atoms with Gasteiger partial charge in [0.05, 0.1) is 12.2 Å². The molecule has 0 radical (unpaired) electrons. The van der Waals surface area contributed by atoms with Gasteiger partial charge in [-0.25, -0.2) is 0 Å². The summed E-state index contributed by atoms with van der Waals surface area (Å²) < 4.78 is 10.7. The lowest BCUT2D eigenvalue weighted by atomic mass is 10.1. The average molecular weight is 394 g/mol. The van der Waals surface area contributed by atoms with E-state index in [1.807, 2.05) is 18.2 Å². The molecule has 2 aromatic carbocycles. The van der Waals surface area contributed by atoms with Gasteiger partial charge in [0.1, 0.15) is 0 Å². The Hall–Kier alpha value is -2.86. The van der Waals surface area contributed by atoms with E-state index in [0.29, 0.717) is 41.3 Å². The first-order valence-electron chi connectivity index (χ1n) is 10.0. The highest BCUT2D eigenvalue weighted by molar-refractivity contribution is 6.05. The second-order valence-corrected chi connectivity index (χ2v) is 7.82. The van der Waals surface area contributed by atoms with Crippen molar-refractivity contribution in [1.82, 2.24) is 4.90 Å². The summed E-state index contributed by atoms with van der Waals surface area (Å²) in [5.74, 6) is 1.43. The highest BCUT2D eigenvalue weighted by Crippen LogP contribution is 2.38. The molecule has 1 N–H and O–H groups in total. The molecule has 1 aliphatic heterocycles. The van der Waals surface area contributed by atoms with Crippen molar-refractivity contribution < 1.29 is 19.1 Å². The third-order valence-corrected chi connectivity index (χ3v) is 5.62. The molecule has 1 unspecified atom stereocenters. The van der Waals surface area contributed by atoms with Crippen LogP contribution in [-0.2, 0) is 11.3 Å². The quantitative estimate of drug-likeness (QED) is 0.689. The molecule has 1 heterocycles. The number of anilines is 1. The van der Waals surface area contributed by atoms with Crippen LogP contribution in [0.2, 0.25) is 0 Å². The number of ether oxygens (including phenoxy) is 2. The maximum atomic E-state index is 12.9. The number of rotatable bonds is 8. The number of fused-ring (bicyclic) bond motifs is 1. The van der Waals surface area contributed by atoms with E-state index in [4.69, 9.17) is 9.47 Å². The van der Waals surface area contributed by atoms with E-state index in [1.54, 1.807) is 12.1 Å². The molecule has 1 saturated carbocycles. The molecule has 29 heavy (non-hydrogen) atoms. The smallest absolute Gasteiger partial charge is 0.238 e. The predicted molar refractivity (Wildman–Crippen MR) is 110 cm³/mol. The van der Waals surface area contributed by atoms with Crippen molar-refractivity contribution in [2.75, 3.05) is 18.7 Å². The molecule has 6 nitrogen and oxygen atoms in total. The van der Waals surface area contributed by atoms with Crippen molar-refractivity contribution >= 4 is 17.4 Å². The van der Waals surface area contributed by atoms with Crippen LogP contribution >= 0.6 is 0 Å². The topological polar surface area (TPSA) is 67.9 Å². The molecule has 4 rings (SSSR count). The summed E-state index contributed by atoms with van der Waals surface area (Å²) in [7, 11) is 0. The molecule has 0 bridgehead atoms. The van der Waals surface area contributed by atoms with Crippen LogP contribution in [0.5, 0.6) is 11.5 Å². The van der Waals surface area contributed by atoms with Crippen molar-refractivity contribution in [3.63, 3.8) is 0 Å². The van der Waals surface area contributed by atoms with Gasteiger partial charge in [-0.05, 0) is 44.2 Å². The Morgan fingerprint density at radius 3 is 2.48 bits per heavy atom. The van der Waals surface area contributed by atoms with E-state index in [-0.39, 0.29) is 25.0 Å². The zero-order chi connectivity index (χ0) is 20.4. The van der Waals surface area contributed by atoms with Crippen LogP contribution in [0.25, 0.3) is 0 Å². The normalized spacial score (nSPS) is 16.0. The van der Waals surface area contributed by atoms with Crippen molar-refractivity contribution in [2.24, 2.45) is 5.92 Å². The molecule has 6 heteroatoms. The summed E-state index contributed by atoms with van der Waals surface area (Å²) in [6, 6.07) is 13.8. The number of carbonyl (C=O) groups is 2. The van der Waals surface area contributed by atoms with Gasteiger partial charge >= 0.3 is 0 Å². The lowest BCUT2D eigenvalue weighted by Crippen LogP contribution is -2.40.